The van der Waals surface area contributed by atoms with Gasteiger partial charge in [0.15, 0.2) is 11.5 Å². The molecule has 7 heteroatoms. The van der Waals surface area contributed by atoms with Crippen LogP contribution in [0.4, 0.5) is 5.69 Å². The van der Waals surface area contributed by atoms with E-state index in [4.69, 9.17) is 14.5 Å². The number of ether oxygens (including phenoxy) is 2. The third-order valence-corrected chi connectivity index (χ3v) is 7.52. The second kappa shape index (κ2) is 11.9. The minimum atomic E-state index is -0.180. The number of aryl methyl sites for hydroxylation is 1. The standard InChI is InChI=1S/C33H27N3O3S/c1-21-11-13-23(14-12-21)29-18-26(24-15-16-30(38-2)31(17-24)39-3)27(19-34)33(36-29)40-20-32(37)35-28-10-6-8-22-7-4-5-9-25(22)28/h4-18H,20H2,1-3H3,(H,35,37). The molecule has 198 valence electrons. The summed E-state index contributed by atoms with van der Waals surface area (Å²) in [5.41, 5.74) is 5.39. The number of thioether (sulfide) groups is 1. The summed E-state index contributed by atoms with van der Waals surface area (Å²) in [5.74, 6) is 1.06. The lowest BCUT2D eigenvalue weighted by Crippen LogP contribution is -2.14. The number of carbonyl (C=O) groups is 1. The van der Waals surface area contributed by atoms with E-state index in [0.29, 0.717) is 33.3 Å². The largest absolute Gasteiger partial charge is 0.493 e. The molecular formula is C33H27N3O3S. The summed E-state index contributed by atoms with van der Waals surface area (Å²) in [4.78, 5) is 17.9. The molecule has 0 aliphatic carbocycles. The normalized spacial score (nSPS) is 10.7. The lowest BCUT2D eigenvalue weighted by atomic mass is 9.98. The molecule has 1 heterocycles. The van der Waals surface area contributed by atoms with E-state index in [1.54, 1.807) is 14.2 Å². The molecule has 0 aliphatic heterocycles. The Balaban J connectivity index is 1.51. The van der Waals surface area contributed by atoms with Gasteiger partial charge in [-0.3, -0.25) is 4.79 Å². The highest BCUT2D eigenvalue weighted by Crippen LogP contribution is 2.38. The van der Waals surface area contributed by atoms with Crippen molar-refractivity contribution in [2.45, 2.75) is 11.9 Å². The van der Waals surface area contributed by atoms with Gasteiger partial charge in [0.05, 0.1) is 31.2 Å². The summed E-state index contributed by atoms with van der Waals surface area (Å²) in [6.07, 6.45) is 0. The summed E-state index contributed by atoms with van der Waals surface area (Å²) in [5, 5.41) is 15.8. The number of benzene rings is 4. The molecular weight excluding hydrogens is 518 g/mol. The number of nitrogens with one attached hydrogen (secondary N) is 1. The van der Waals surface area contributed by atoms with Crippen molar-refractivity contribution >= 4 is 34.1 Å². The van der Waals surface area contributed by atoms with Gasteiger partial charge < -0.3 is 14.8 Å². The monoisotopic (exact) mass is 545 g/mol. The van der Waals surface area contributed by atoms with Crippen molar-refractivity contribution in [3.05, 3.63) is 102 Å². The molecule has 5 rings (SSSR count). The van der Waals surface area contributed by atoms with E-state index in [1.165, 1.54) is 11.8 Å². The number of rotatable bonds is 8. The van der Waals surface area contributed by atoms with E-state index in [2.05, 4.69) is 11.4 Å². The number of hydrogen-bond donors (Lipinski definition) is 1. The Morgan fingerprint density at radius 2 is 1.62 bits per heavy atom. The number of pyridine rings is 1. The van der Waals surface area contributed by atoms with Crippen LogP contribution in [-0.2, 0) is 4.79 Å². The lowest BCUT2D eigenvalue weighted by molar-refractivity contribution is -0.113. The molecule has 0 fully saturated rings. The van der Waals surface area contributed by atoms with Gasteiger partial charge in [-0.1, -0.05) is 84.1 Å². The quantitative estimate of drug-likeness (QED) is 0.203. The maximum absolute atomic E-state index is 13.1. The third-order valence-electron chi connectivity index (χ3n) is 6.54. The van der Waals surface area contributed by atoms with E-state index >= 15 is 0 Å². The highest BCUT2D eigenvalue weighted by atomic mass is 32.2. The van der Waals surface area contributed by atoms with Gasteiger partial charge in [0.25, 0.3) is 0 Å². The molecule has 1 aromatic heterocycles. The molecule has 0 spiro atoms. The van der Waals surface area contributed by atoms with Crippen LogP contribution in [0.2, 0.25) is 0 Å². The summed E-state index contributed by atoms with van der Waals surface area (Å²) >= 11 is 1.24. The van der Waals surface area contributed by atoms with Gasteiger partial charge in [-0.15, -0.1) is 0 Å². The average Bonchev–Trinajstić information content (AvgIpc) is 2.99. The summed E-state index contributed by atoms with van der Waals surface area (Å²) in [6, 6.07) is 31.5. The fourth-order valence-electron chi connectivity index (χ4n) is 4.49. The lowest BCUT2D eigenvalue weighted by Gasteiger charge is -2.15. The summed E-state index contributed by atoms with van der Waals surface area (Å²) in [6.45, 7) is 2.03. The highest BCUT2D eigenvalue weighted by molar-refractivity contribution is 8.00. The first-order valence-electron chi connectivity index (χ1n) is 12.7. The predicted molar refractivity (Wildman–Crippen MR) is 161 cm³/mol. The maximum Gasteiger partial charge on any atom is 0.234 e. The molecule has 0 atom stereocenters. The van der Waals surface area contributed by atoms with E-state index in [0.717, 1.165) is 33.2 Å². The average molecular weight is 546 g/mol. The molecule has 0 bridgehead atoms. The molecule has 0 saturated carbocycles. The van der Waals surface area contributed by atoms with Crippen LogP contribution in [-0.4, -0.2) is 30.9 Å². The van der Waals surface area contributed by atoms with Crippen LogP contribution in [0.25, 0.3) is 33.2 Å². The Morgan fingerprint density at radius 1 is 0.900 bits per heavy atom. The van der Waals surface area contributed by atoms with E-state index in [9.17, 15) is 10.1 Å². The Bertz CT molecular complexity index is 1740. The van der Waals surface area contributed by atoms with Gasteiger partial charge in [-0.25, -0.2) is 4.98 Å². The molecule has 4 aromatic carbocycles. The highest BCUT2D eigenvalue weighted by Gasteiger charge is 2.19. The van der Waals surface area contributed by atoms with E-state index < -0.39 is 0 Å². The van der Waals surface area contributed by atoms with Crippen LogP contribution in [0, 0.1) is 18.3 Å². The van der Waals surface area contributed by atoms with Gasteiger partial charge in [0, 0.05) is 22.2 Å². The number of nitrogens with zero attached hydrogens (tertiary/aromatic N) is 2. The Hall–Kier alpha value is -4.80. The van der Waals surface area contributed by atoms with Crippen LogP contribution in [0.5, 0.6) is 11.5 Å². The number of amides is 1. The van der Waals surface area contributed by atoms with Crippen LogP contribution in [0.3, 0.4) is 0 Å². The Morgan fingerprint density at radius 3 is 2.38 bits per heavy atom. The smallest absolute Gasteiger partial charge is 0.234 e. The van der Waals surface area contributed by atoms with E-state index in [1.807, 2.05) is 97.9 Å². The molecule has 1 amide bonds. The predicted octanol–water partition coefficient (Wildman–Crippen LogP) is 7.50. The third kappa shape index (κ3) is 5.63. The number of carbonyl (C=O) groups excluding carboxylic acids is 1. The first kappa shape index (κ1) is 26.8. The number of methoxy groups -OCH3 is 2. The van der Waals surface area contributed by atoms with Crippen molar-refractivity contribution in [2.24, 2.45) is 0 Å². The van der Waals surface area contributed by atoms with Gasteiger partial charge in [0.2, 0.25) is 5.91 Å². The molecule has 0 aliphatic rings. The molecule has 0 unspecified atom stereocenters. The minimum absolute atomic E-state index is 0.0909. The maximum atomic E-state index is 13.1. The first-order valence-corrected chi connectivity index (χ1v) is 13.6. The molecule has 6 nitrogen and oxygen atoms in total. The topological polar surface area (TPSA) is 84.2 Å². The van der Waals surface area contributed by atoms with Crippen LogP contribution >= 0.6 is 11.8 Å². The van der Waals surface area contributed by atoms with Crippen LogP contribution in [0.15, 0.2) is 96.0 Å². The second-order valence-corrected chi connectivity index (χ2v) is 10.1. The van der Waals surface area contributed by atoms with Gasteiger partial charge in [-0.2, -0.15) is 5.26 Å². The van der Waals surface area contributed by atoms with Crippen molar-refractivity contribution in [1.29, 1.82) is 5.26 Å². The van der Waals surface area contributed by atoms with Crippen molar-refractivity contribution < 1.29 is 14.3 Å². The van der Waals surface area contributed by atoms with Crippen LogP contribution in [0.1, 0.15) is 11.1 Å². The minimum Gasteiger partial charge on any atom is -0.493 e. The Kier molecular flexibility index (Phi) is 7.99. The fraction of sp³-hybridized carbons (Fsp3) is 0.121. The number of anilines is 1. The fourth-order valence-corrected chi connectivity index (χ4v) is 5.30. The number of fused-ring (bicyclic) bond motifs is 1. The number of nitriles is 1. The van der Waals surface area contributed by atoms with E-state index in [-0.39, 0.29) is 11.7 Å². The second-order valence-electron chi connectivity index (χ2n) is 9.15. The van der Waals surface area contributed by atoms with Crippen molar-refractivity contribution in [2.75, 3.05) is 25.3 Å². The van der Waals surface area contributed by atoms with Gasteiger partial charge in [-0.05, 0) is 42.1 Å². The molecule has 1 N–H and O–H groups in total. The zero-order valence-corrected chi connectivity index (χ0v) is 23.2. The zero-order chi connectivity index (χ0) is 28.1. The Labute approximate surface area is 237 Å². The SMILES string of the molecule is COc1ccc(-c2cc(-c3ccc(C)cc3)nc(SCC(=O)Nc3cccc4ccccc34)c2C#N)cc1OC. The molecule has 40 heavy (non-hydrogen) atoms. The summed E-state index contributed by atoms with van der Waals surface area (Å²) in [7, 11) is 3.16. The number of hydrogen-bond acceptors (Lipinski definition) is 6. The zero-order valence-electron chi connectivity index (χ0n) is 22.4. The van der Waals surface area contributed by atoms with Crippen molar-refractivity contribution in [3.63, 3.8) is 0 Å². The van der Waals surface area contributed by atoms with Gasteiger partial charge in [0.1, 0.15) is 11.1 Å². The van der Waals surface area contributed by atoms with Crippen LogP contribution < -0.4 is 14.8 Å². The van der Waals surface area contributed by atoms with Crippen molar-refractivity contribution in [1.82, 2.24) is 4.98 Å². The number of aromatic nitrogens is 1. The molecule has 5 aromatic rings. The van der Waals surface area contributed by atoms with Crippen molar-refractivity contribution in [3.8, 4) is 40.0 Å². The molecule has 0 radical (unpaired) electrons. The molecule has 0 saturated heterocycles. The first-order chi connectivity index (χ1) is 19.5. The summed E-state index contributed by atoms with van der Waals surface area (Å²) < 4.78 is 10.9. The van der Waals surface area contributed by atoms with Gasteiger partial charge >= 0.3 is 0 Å².